The second-order valence-corrected chi connectivity index (χ2v) is 7.11. The fourth-order valence-corrected chi connectivity index (χ4v) is 3.32. The molecule has 0 bridgehead atoms. The summed E-state index contributed by atoms with van der Waals surface area (Å²) in [5.41, 5.74) is 0.149. The number of hydrogen-bond acceptors (Lipinski definition) is 7. The van der Waals surface area contributed by atoms with Crippen LogP contribution in [0, 0.1) is 12.8 Å². The van der Waals surface area contributed by atoms with Gasteiger partial charge >= 0.3 is 11.9 Å². The normalized spacial score (nSPS) is 12.4. The average Bonchev–Trinajstić information content (AvgIpc) is 2.90. The zero-order valence-electron chi connectivity index (χ0n) is 15.0. The van der Waals surface area contributed by atoms with Crippen LogP contribution in [0.5, 0.6) is 0 Å². The maximum absolute atomic E-state index is 12.8. The lowest BCUT2D eigenvalue weighted by molar-refractivity contribution is -0.148. The molecule has 0 aromatic carbocycles. The second kappa shape index (κ2) is 7.77. The first kappa shape index (κ1) is 19.1. The van der Waals surface area contributed by atoms with Gasteiger partial charge in [-0.25, -0.2) is 14.6 Å². The summed E-state index contributed by atoms with van der Waals surface area (Å²) in [6, 6.07) is -0.798. The molecule has 2 aromatic heterocycles. The summed E-state index contributed by atoms with van der Waals surface area (Å²) in [4.78, 5) is 42.0. The third-order valence-electron chi connectivity index (χ3n) is 3.65. The van der Waals surface area contributed by atoms with E-state index in [4.69, 9.17) is 9.47 Å². The van der Waals surface area contributed by atoms with Crippen molar-refractivity contribution in [3.8, 4) is 0 Å². The van der Waals surface area contributed by atoms with Gasteiger partial charge in [-0.3, -0.25) is 9.36 Å². The molecule has 0 aliphatic rings. The molecule has 0 saturated carbocycles. The van der Waals surface area contributed by atoms with E-state index in [-0.39, 0.29) is 24.7 Å². The topological polar surface area (TPSA) is 87.5 Å². The maximum Gasteiger partial charge on any atom is 0.348 e. The molecule has 0 unspecified atom stereocenters. The quantitative estimate of drug-likeness (QED) is 0.731. The summed E-state index contributed by atoms with van der Waals surface area (Å²) < 4.78 is 11.4. The van der Waals surface area contributed by atoms with Crippen molar-refractivity contribution in [3.05, 3.63) is 27.1 Å². The first-order valence-electron chi connectivity index (χ1n) is 8.11. The highest BCUT2D eigenvalue weighted by Gasteiger charge is 2.24. The molecular weight excluding hydrogens is 344 g/mol. The minimum absolute atomic E-state index is 0.208. The molecule has 25 heavy (non-hydrogen) atoms. The fourth-order valence-electron chi connectivity index (χ4n) is 2.29. The molecule has 0 aliphatic carbocycles. The van der Waals surface area contributed by atoms with Gasteiger partial charge in [0.2, 0.25) is 0 Å². The molecule has 2 aromatic rings. The van der Waals surface area contributed by atoms with E-state index in [1.165, 1.54) is 10.9 Å². The second-order valence-electron chi connectivity index (χ2n) is 6.11. The molecule has 0 amide bonds. The molecule has 0 radical (unpaired) electrons. The Morgan fingerprint density at radius 1 is 1.28 bits per heavy atom. The number of fused-ring (bicyclic) bond motifs is 1. The van der Waals surface area contributed by atoms with Gasteiger partial charge in [0.1, 0.15) is 15.7 Å². The van der Waals surface area contributed by atoms with Crippen LogP contribution >= 0.6 is 11.3 Å². The molecule has 0 aliphatic heterocycles. The van der Waals surface area contributed by atoms with Gasteiger partial charge in [0, 0.05) is 0 Å². The van der Waals surface area contributed by atoms with E-state index in [2.05, 4.69) is 4.98 Å². The Balaban J connectivity index is 2.42. The number of aryl methyl sites for hydroxylation is 1. The Labute approximate surface area is 149 Å². The lowest BCUT2D eigenvalue weighted by atomic mass is 10.2. The number of rotatable bonds is 6. The molecule has 2 heterocycles. The summed E-state index contributed by atoms with van der Waals surface area (Å²) in [6.45, 7) is 9.40. The lowest BCUT2D eigenvalue weighted by Gasteiger charge is -2.15. The predicted molar refractivity (Wildman–Crippen MR) is 95.1 cm³/mol. The largest absolute Gasteiger partial charge is 0.464 e. The third kappa shape index (κ3) is 3.89. The van der Waals surface area contributed by atoms with E-state index in [0.717, 1.165) is 11.3 Å². The number of ether oxygens (including phenoxy) is 2. The lowest BCUT2D eigenvalue weighted by Crippen LogP contribution is -2.30. The predicted octanol–water partition coefficient (Wildman–Crippen LogP) is 2.70. The van der Waals surface area contributed by atoms with Crippen LogP contribution in [0.15, 0.2) is 11.1 Å². The molecule has 136 valence electrons. The molecule has 0 fully saturated rings. The highest BCUT2D eigenvalue weighted by molar-refractivity contribution is 7.20. The van der Waals surface area contributed by atoms with Crippen LogP contribution in [0.25, 0.3) is 10.2 Å². The minimum atomic E-state index is -0.798. The number of thiophene rings is 1. The van der Waals surface area contributed by atoms with Gasteiger partial charge in [0.25, 0.3) is 5.56 Å². The monoisotopic (exact) mass is 366 g/mol. The molecule has 7 nitrogen and oxygen atoms in total. The van der Waals surface area contributed by atoms with Gasteiger partial charge in [0.15, 0.2) is 0 Å². The van der Waals surface area contributed by atoms with Gasteiger partial charge in [-0.05, 0) is 32.3 Å². The Morgan fingerprint density at radius 3 is 2.56 bits per heavy atom. The van der Waals surface area contributed by atoms with Crippen molar-refractivity contribution in [2.24, 2.45) is 5.92 Å². The highest BCUT2D eigenvalue weighted by Crippen LogP contribution is 2.27. The van der Waals surface area contributed by atoms with Gasteiger partial charge in [-0.15, -0.1) is 11.3 Å². The maximum atomic E-state index is 12.8. The molecule has 0 saturated heterocycles. The number of hydrogen-bond donors (Lipinski definition) is 0. The van der Waals surface area contributed by atoms with E-state index in [1.807, 2.05) is 13.8 Å². The van der Waals surface area contributed by atoms with Crippen molar-refractivity contribution in [2.75, 3.05) is 13.2 Å². The number of carbonyl (C=O) groups excluding carboxylic acids is 2. The average molecular weight is 366 g/mol. The smallest absolute Gasteiger partial charge is 0.348 e. The molecule has 2 rings (SSSR count). The van der Waals surface area contributed by atoms with Crippen molar-refractivity contribution in [1.82, 2.24) is 9.55 Å². The van der Waals surface area contributed by atoms with Crippen LogP contribution in [-0.4, -0.2) is 34.7 Å². The summed E-state index contributed by atoms with van der Waals surface area (Å²) in [6.07, 6.45) is 1.32. The standard InChI is InChI=1S/C17H22N2O5S/c1-6-23-17(22)13-10(4)12-14(25-13)18-8-19(15(12)20)11(5)16(21)24-7-9(2)3/h8-9,11H,6-7H2,1-5H3/t11-/m1/s1. The number of aromatic nitrogens is 2. The molecular formula is C17H22N2O5S. The Hall–Kier alpha value is -2.22. The van der Waals surface area contributed by atoms with Crippen LogP contribution in [0.3, 0.4) is 0 Å². The summed E-state index contributed by atoms with van der Waals surface area (Å²) in [7, 11) is 0. The van der Waals surface area contributed by atoms with Crippen molar-refractivity contribution >= 4 is 33.5 Å². The van der Waals surface area contributed by atoms with Crippen LogP contribution in [-0.2, 0) is 14.3 Å². The summed E-state index contributed by atoms with van der Waals surface area (Å²) in [5, 5.41) is 0.332. The first-order valence-corrected chi connectivity index (χ1v) is 8.93. The minimum Gasteiger partial charge on any atom is -0.464 e. The van der Waals surface area contributed by atoms with E-state index in [9.17, 15) is 14.4 Å². The van der Waals surface area contributed by atoms with Gasteiger partial charge < -0.3 is 9.47 Å². The SMILES string of the molecule is CCOC(=O)c1sc2ncn([C@H](C)C(=O)OCC(C)C)c(=O)c2c1C. The first-order chi connectivity index (χ1) is 11.8. The number of nitrogens with zero attached hydrogens (tertiary/aromatic N) is 2. The van der Waals surface area contributed by atoms with Crippen LogP contribution in [0.1, 0.15) is 49.0 Å². The van der Waals surface area contributed by atoms with Gasteiger partial charge in [-0.1, -0.05) is 13.8 Å². The van der Waals surface area contributed by atoms with E-state index in [1.54, 1.807) is 20.8 Å². The molecule has 8 heteroatoms. The van der Waals surface area contributed by atoms with Crippen LogP contribution in [0.4, 0.5) is 0 Å². The Bertz CT molecular complexity index is 853. The van der Waals surface area contributed by atoms with E-state index >= 15 is 0 Å². The Morgan fingerprint density at radius 2 is 1.96 bits per heavy atom. The van der Waals surface area contributed by atoms with Crippen LogP contribution in [0.2, 0.25) is 0 Å². The third-order valence-corrected chi connectivity index (χ3v) is 4.83. The van der Waals surface area contributed by atoms with Crippen molar-refractivity contribution in [1.29, 1.82) is 0 Å². The molecule has 0 spiro atoms. The van der Waals surface area contributed by atoms with Crippen molar-refractivity contribution in [2.45, 2.75) is 40.7 Å². The van der Waals surface area contributed by atoms with Gasteiger partial charge in [-0.2, -0.15) is 0 Å². The zero-order chi connectivity index (χ0) is 18.7. The zero-order valence-corrected chi connectivity index (χ0v) is 15.8. The van der Waals surface area contributed by atoms with E-state index in [0.29, 0.717) is 20.7 Å². The Kier molecular flexibility index (Phi) is 5.94. The summed E-state index contributed by atoms with van der Waals surface area (Å²) in [5.74, 6) is -0.756. The molecule has 0 N–H and O–H groups in total. The number of carbonyl (C=O) groups is 2. The van der Waals surface area contributed by atoms with Crippen LogP contribution < -0.4 is 5.56 Å². The number of esters is 2. The summed E-state index contributed by atoms with van der Waals surface area (Å²) >= 11 is 1.11. The van der Waals surface area contributed by atoms with Gasteiger partial charge in [0.05, 0.1) is 24.9 Å². The fraction of sp³-hybridized carbons (Fsp3) is 0.529. The van der Waals surface area contributed by atoms with Crippen molar-refractivity contribution < 1.29 is 19.1 Å². The molecule has 1 atom stereocenters. The van der Waals surface area contributed by atoms with Crippen molar-refractivity contribution in [3.63, 3.8) is 0 Å². The highest BCUT2D eigenvalue weighted by atomic mass is 32.1. The van der Waals surface area contributed by atoms with E-state index < -0.39 is 18.0 Å².